The molecule has 0 aliphatic carbocycles. The number of nitrogens with zero attached hydrogens (tertiary/aromatic N) is 4. The third-order valence-corrected chi connectivity index (χ3v) is 11.9. The molecule has 0 saturated carbocycles. The van der Waals surface area contributed by atoms with E-state index < -0.39 is 36.1 Å². The van der Waals surface area contributed by atoms with Crippen LogP contribution < -0.4 is 16.0 Å². The molecule has 2 aliphatic heterocycles. The van der Waals surface area contributed by atoms with E-state index in [1.165, 1.54) is 22.7 Å². The number of aromatic nitrogens is 2. The maximum atomic E-state index is 13.6. The maximum Gasteiger partial charge on any atom is 0.271 e. The molecule has 4 rings (SSSR count). The molecule has 15 heteroatoms. The molecule has 0 spiro atoms. The molecule has 2 aromatic heterocycles. The zero-order chi connectivity index (χ0) is 38.3. The summed E-state index contributed by atoms with van der Waals surface area (Å²) in [6.07, 6.45) is 2.91. The molecule has 0 bridgehead atoms. The molecular formula is C37H55N7O6S2. The van der Waals surface area contributed by atoms with Crippen molar-refractivity contribution in [2.45, 2.75) is 125 Å². The number of carbonyl (C=O) groups excluding carboxylic acids is 4. The van der Waals surface area contributed by atoms with Gasteiger partial charge in [0, 0.05) is 16.7 Å². The zero-order valence-electron chi connectivity index (χ0n) is 32.0. The van der Waals surface area contributed by atoms with E-state index in [2.05, 4.69) is 51.7 Å². The summed E-state index contributed by atoms with van der Waals surface area (Å²) in [5.41, 5.74) is 0.545. The molecule has 0 saturated heterocycles. The Balaban J connectivity index is 1.45. The van der Waals surface area contributed by atoms with E-state index in [9.17, 15) is 19.2 Å². The molecular weight excluding hydrogens is 703 g/mol. The summed E-state index contributed by atoms with van der Waals surface area (Å²) in [5.74, 6) is 0.503. The predicted octanol–water partition coefficient (Wildman–Crippen LogP) is 5.94. The van der Waals surface area contributed by atoms with Crippen LogP contribution in [-0.4, -0.2) is 76.6 Å². The van der Waals surface area contributed by atoms with Gasteiger partial charge in [-0.15, -0.1) is 22.7 Å². The van der Waals surface area contributed by atoms with Gasteiger partial charge < -0.3 is 25.4 Å². The number of nitrogens with one attached hydrogen (secondary N) is 3. The Morgan fingerprint density at radius 1 is 0.808 bits per heavy atom. The molecule has 0 radical (unpaired) electrons. The fraction of sp³-hybridized carbons (Fsp3) is 0.676. The van der Waals surface area contributed by atoms with E-state index in [4.69, 9.17) is 14.5 Å². The lowest BCUT2D eigenvalue weighted by atomic mass is 9.89. The van der Waals surface area contributed by atoms with Crippen LogP contribution in [0.25, 0.3) is 0 Å². The fourth-order valence-corrected chi connectivity index (χ4v) is 8.24. The van der Waals surface area contributed by atoms with Gasteiger partial charge in [-0.3, -0.25) is 19.2 Å². The molecule has 2 aromatic rings. The molecule has 0 fully saturated rings. The van der Waals surface area contributed by atoms with E-state index in [-0.39, 0.29) is 59.8 Å². The van der Waals surface area contributed by atoms with Crippen LogP contribution in [-0.2, 0) is 19.1 Å². The van der Waals surface area contributed by atoms with Crippen molar-refractivity contribution >= 4 is 58.5 Å². The lowest BCUT2D eigenvalue weighted by Crippen LogP contribution is -2.45. The van der Waals surface area contributed by atoms with Crippen molar-refractivity contribution in [2.24, 2.45) is 39.6 Å². The van der Waals surface area contributed by atoms with Gasteiger partial charge in [0.05, 0.1) is 12.1 Å². The minimum absolute atomic E-state index is 0.00857. The second-order valence-corrected chi connectivity index (χ2v) is 16.3. The number of carbonyl (C=O) groups is 4. The quantitative estimate of drug-likeness (QED) is 0.157. The lowest BCUT2D eigenvalue weighted by molar-refractivity contribution is -0.125. The van der Waals surface area contributed by atoms with Crippen molar-refractivity contribution in [1.82, 2.24) is 25.9 Å². The average Bonchev–Trinajstić information content (AvgIpc) is 3.95. The van der Waals surface area contributed by atoms with Gasteiger partial charge in [-0.25, -0.2) is 20.0 Å². The lowest BCUT2D eigenvalue weighted by Gasteiger charge is -2.23. The molecule has 52 heavy (non-hydrogen) atoms. The Kier molecular flexibility index (Phi) is 14.5. The van der Waals surface area contributed by atoms with Crippen LogP contribution in [0.15, 0.2) is 20.7 Å². The van der Waals surface area contributed by atoms with Gasteiger partial charge in [-0.2, -0.15) is 0 Å². The van der Waals surface area contributed by atoms with Gasteiger partial charge in [-0.05, 0) is 37.0 Å². The van der Waals surface area contributed by atoms with E-state index in [0.29, 0.717) is 33.8 Å². The van der Waals surface area contributed by atoms with Crippen molar-refractivity contribution in [3.63, 3.8) is 0 Å². The summed E-state index contributed by atoms with van der Waals surface area (Å²) in [5, 5.41) is 13.8. The van der Waals surface area contributed by atoms with Crippen molar-refractivity contribution in [3.8, 4) is 0 Å². The van der Waals surface area contributed by atoms with Crippen molar-refractivity contribution in [2.75, 3.05) is 6.61 Å². The van der Waals surface area contributed by atoms with E-state index in [0.717, 1.165) is 19.3 Å². The summed E-state index contributed by atoms with van der Waals surface area (Å²) in [4.78, 5) is 70.0. The molecule has 2 aliphatic rings. The molecule has 9 atom stereocenters. The number of aliphatic imine (C=N–C) groups is 2. The largest absolute Gasteiger partial charge is 0.477 e. The Morgan fingerprint density at radius 3 is 2.00 bits per heavy atom. The van der Waals surface area contributed by atoms with Crippen LogP contribution in [0.4, 0.5) is 0 Å². The molecule has 3 N–H and O–H groups in total. The fourth-order valence-electron chi connectivity index (χ4n) is 6.23. The first kappa shape index (κ1) is 41.0. The first-order valence-corrected chi connectivity index (χ1v) is 20.2. The minimum Gasteiger partial charge on any atom is -0.477 e. The number of thiazole rings is 2. The van der Waals surface area contributed by atoms with Crippen LogP contribution in [0.5, 0.6) is 0 Å². The molecule has 13 nitrogen and oxygen atoms in total. The van der Waals surface area contributed by atoms with Crippen LogP contribution in [0.3, 0.4) is 0 Å². The van der Waals surface area contributed by atoms with Gasteiger partial charge in [0.15, 0.2) is 24.3 Å². The Bertz CT molecular complexity index is 1620. The number of aldehydes is 1. The Hall–Kier alpha value is -3.72. The Labute approximate surface area is 315 Å². The number of hydrogen-bond donors (Lipinski definition) is 3. The van der Waals surface area contributed by atoms with Gasteiger partial charge in [0.2, 0.25) is 17.7 Å². The normalized spacial score (nSPS) is 22.0. The highest BCUT2D eigenvalue weighted by Gasteiger charge is 2.39. The first-order chi connectivity index (χ1) is 24.7. The first-order valence-electron chi connectivity index (χ1n) is 18.4. The second-order valence-electron chi connectivity index (χ2n) is 14.5. The van der Waals surface area contributed by atoms with Crippen molar-refractivity contribution in [3.05, 3.63) is 32.2 Å². The minimum atomic E-state index is -0.803. The number of hydrogen-bond acceptors (Lipinski definition) is 12. The SMILES string of the molecule is CCC(C1=N[C@H](C(=O)N[C@@H](c2nc(C(=O)NC(C3=N[C@H](C(=O)N[C@@H](c4nc(C=O)cs4)C(C)C)CO3)[C@@H](C)CC)cs2)C(C)C)[C@@H](C)O1)[C@@H](C)CC. The standard InChI is InChI=1S/C37H55N7O6S2/c1-11-20(8)24(13-3)34-44-30(22(10)50-34)33(48)42-28(19(6)7)37-40-26(17-52-37)32(47)43-29(21(9)12-2)35-39-25(15-49-35)31(46)41-27(18(4)5)36-38-23(14-45)16-51-36/h14,16-22,24-25,27-30H,11-13,15H2,1-10H3,(H,41,46)(H,42,48)(H,43,47)/t20-,21-,22+,24?,25-,27+,28+,29?,30-/m0/s1. The monoisotopic (exact) mass is 757 g/mol. The number of rotatable bonds is 18. The maximum absolute atomic E-state index is 13.6. The zero-order valence-corrected chi connectivity index (χ0v) is 33.6. The van der Waals surface area contributed by atoms with Crippen molar-refractivity contribution < 1.29 is 28.7 Å². The topological polar surface area (TPSA) is 173 Å². The smallest absolute Gasteiger partial charge is 0.271 e. The van der Waals surface area contributed by atoms with Crippen molar-refractivity contribution in [1.29, 1.82) is 0 Å². The highest BCUT2D eigenvalue weighted by Crippen LogP contribution is 2.30. The van der Waals surface area contributed by atoms with Gasteiger partial charge in [0.1, 0.15) is 40.2 Å². The molecule has 4 heterocycles. The Morgan fingerprint density at radius 2 is 1.42 bits per heavy atom. The molecule has 2 unspecified atom stereocenters. The summed E-state index contributed by atoms with van der Waals surface area (Å²) < 4.78 is 12.0. The summed E-state index contributed by atoms with van der Waals surface area (Å²) in [6, 6.07) is -2.88. The predicted molar refractivity (Wildman–Crippen MR) is 204 cm³/mol. The van der Waals surface area contributed by atoms with Crippen LogP contribution in [0, 0.1) is 29.6 Å². The second kappa shape index (κ2) is 18.4. The third-order valence-electron chi connectivity index (χ3n) is 9.99. The van der Waals surface area contributed by atoms with Crippen LogP contribution in [0.1, 0.15) is 132 Å². The highest BCUT2D eigenvalue weighted by molar-refractivity contribution is 7.10. The molecule has 286 valence electrons. The highest BCUT2D eigenvalue weighted by atomic mass is 32.1. The van der Waals surface area contributed by atoms with Crippen LogP contribution >= 0.6 is 22.7 Å². The summed E-state index contributed by atoms with van der Waals surface area (Å²) in [6.45, 7) is 20.3. The van der Waals surface area contributed by atoms with Gasteiger partial charge in [0.25, 0.3) is 5.91 Å². The third kappa shape index (κ3) is 9.63. The van der Waals surface area contributed by atoms with E-state index >= 15 is 0 Å². The van der Waals surface area contributed by atoms with E-state index in [1.807, 2.05) is 48.5 Å². The van der Waals surface area contributed by atoms with Gasteiger partial charge in [-0.1, -0.05) is 75.2 Å². The number of ether oxygens (including phenoxy) is 2. The average molecular weight is 758 g/mol. The molecule has 0 aromatic carbocycles. The summed E-state index contributed by atoms with van der Waals surface area (Å²) >= 11 is 2.63. The van der Waals surface area contributed by atoms with E-state index in [1.54, 1.807) is 10.8 Å². The van der Waals surface area contributed by atoms with Gasteiger partial charge >= 0.3 is 0 Å². The molecule has 3 amide bonds. The number of amides is 3. The summed E-state index contributed by atoms with van der Waals surface area (Å²) in [7, 11) is 0. The van der Waals surface area contributed by atoms with Crippen LogP contribution in [0.2, 0.25) is 0 Å².